The molecule has 0 saturated carbocycles. The van der Waals surface area contributed by atoms with E-state index in [1.807, 2.05) is 10.6 Å². The minimum Gasteiger partial charge on any atom is -0.355 e. The van der Waals surface area contributed by atoms with Crippen LogP contribution >= 0.6 is 0 Å². The molecule has 1 saturated heterocycles. The fourth-order valence-corrected chi connectivity index (χ4v) is 2.48. The van der Waals surface area contributed by atoms with Gasteiger partial charge in [-0.1, -0.05) is 0 Å². The number of rotatable bonds is 1. The van der Waals surface area contributed by atoms with Gasteiger partial charge in [-0.15, -0.1) is 0 Å². The molecule has 1 aliphatic rings. The topological polar surface area (TPSA) is 59.5 Å². The van der Waals surface area contributed by atoms with Gasteiger partial charge in [0.05, 0.1) is 0 Å². The van der Waals surface area contributed by atoms with Crippen LogP contribution in [0.15, 0.2) is 18.5 Å². The molecule has 1 atom stereocenters. The van der Waals surface area contributed by atoms with E-state index in [0.29, 0.717) is 0 Å². The van der Waals surface area contributed by atoms with E-state index >= 15 is 0 Å². The third kappa shape index (κ3) is 1.86. The van der Waals surface area contributed by atoms with Crippen molar-refractivity contribution in [1.29, 1.82) is 0 Å². The van der Waals surface area contributed by atoms with Gasteiger partial charge in [0.25, 0.3) is 0 Å². The average molecular weight is 231 g/mol. The number of hydrogen-bond acceptors (Lipinski definition) is 4. The summed E-state index contributed by atoms with van der Waals surface area (Å²) in [7, 11) is 0. The Morgan fingerprint density at radius 3 is 3.12 bits per heavy atom. The molecular formula is C12H17N5. The van der Waals surface area contributed by atoms with Crippen LogP contribution in [0.2, 0.25) is 0 Å². The van der Waals surface area contributed by atoms with Crippen molar-refractivity contribution in [1.82, 2.24) is 14.6 Å². The first-order valence-corrected chi connectivity index (χ1v) is 6.05. The summed E-state index contributed by atoms with van der Waals surface area (Å²) in [6.07, 6.45) is 3.86. The third-order valence-corrected chi connectivity index (χ3v) is 3.29. The van der Waals surface area contributed by atoms with Gasteiger partial charge >= 0.3 is 0 Å². The Balaban J connectivity index is 2.06. The molecule has 0 spiro atoms. The van der Waals surface area contributed by atoms with Gasteiger partial charge in [0.1, 0.15) is 12.1 Å². The Hall–Kier alpha value is -1.62. The molecule has 0 amide bonds. The molecule has 0 aromatic carbocycles. The van der Waals surface area contributed by atoms with Crippen molar-refractivity contribution < 1.29 is 0 Å². The van der Waals surface area contributed by atoms with Crippen LogP contribution in [-0.4, -0.2) is 33.7 Å². The molecule has 90 valence electrons. The zero-order valence-corrected chi connectivity index (χ0v) is 10.0. The molecule has 0 unspecified atom stereocenters. The van der Waals surface area contributed by atoms with E-state index in [-0.39, 0.29) is 6.04 Å². The number of aryl methyl sites for hydroxylation is 1. The number of fused-ring (bicyclic) bond motifs is 1. The second-order valence-corrected chi connectivity index (χ2v) is 4.77. The second-order valence-electron chi connectivity index (χ2n) is 4.77. The molecule has 2 N–H and O–H groups in total. The maximum absolute atomic E-state index is 6.03. The molecule has 17 heavy (non-hydrogen) atoms. The lowest BCUT2D eigenvalue weighted by Crippen LogP contribution is -2.43. The fraction of sp³-hybridized carbons (Fsp3) is 0.500. The van der Waals surface area contributed by atoms with Crippen molar-refractivity contribution in [2.24, 2.45) is 5.73 Å². The predicted octanol–water partition coefficient (Wildman–Crippen LogP) is 0.965. The summed E-state index contributed by atoms with van der Waals surface area (Å²) in [5.41, 5.74) is 8.14. The van der Waals surface area contributed by atoms with E-state index in [2.05, 4.69) is 28.0 Å². The SMILES string of the molecule is Cc1cc(N2CCC[C@@H](N)C2)n2ncnc2c1. The van der Waals surface area contributed by atoms with E-state index < -0.39 is 0 Å². The number of hydrogen-bond donors (Lipinski definition) is 1. The minimum atomic E-state index is 0.267. The molecule has 5 nitrogen and oxygen atoms in total. The molecule has 3 rings (SSSR count). The van der Waals surface area contributed by atoms with Gasteiger partial charge in [-0.25, -0.2) is 4.98 Å². The molecule has 3 heterocycles. The Bertz CT molecular complexity index is 533. The Morgan fingerprint density at radius 2 is 2.29 bits per heavy atom. The highest BCUT2D eigenvalue weighted by molar-refractivity contribution is 5.53. The predicted molar refractivity (Wildman–Crippen MR) is 67.1 cm³/mol. The van der Waals surface area contributed by atoms with Gasteiger partial charge in [-0.2, -0.15) is 9.61 Å². The van der Waals surface area contributed by atoms with Crippen molar-refractivity contribution in [3.8, 4) is 0 Å². The highest BCUT2D eigenvalue weighted by Gasteiger charge is 2.19. The molecular weight excluding hydrogens is 214 g/mol. The van der Waals surface area contributed by atoms with Crippen LogP contribution in [0.25, 0.3) is 5.65 Å². The summed E-state index contributed by atoms with van der Waals surface area (Å²) >= 11 is 0. The largest absolute Gasteiger partial charge is 0.355 e. The van der Waals surface area contributed by atoms with E-state index in [9.17, 15) is 0 Å². The summed E-state index contributed by atoms with van der Waals surface area (Å²) in [5, 5.41) is 4.28. The first-order chi connectivity index (χ1) is 8.24. The van der Waals surface area contributed by atoms with E-state index in [4.69, 9.17) is 5.73 Å². The first kappa shape index (κ1) is 10.5. The van der Waals surface area contributed by atoms with Crippen LogP contribution in [-0.2, 0) is 0 Å². The van der Waals surface area contributed by atoms with Gasteiger partial charge in [0.15, 0.2) is 5.65 Å². The van der Waals surface area contributed by atoms with Crippen LogP contribution in [0, 0.1) is 6.92 Å². The normalized spacial score (nSPS) is 21.1. The highest BCUT2D eigenvalue weighted by Crippen LogP contribution is 2.21. The average Bonchev–Trinajstić information content (AvgIpc) is 2.75. The zero-order chi connectivity index (χ0) is 11.8. The number of piperidine rings is 1. The molecule has 2 aromatic rings. The van der Waals surface area contributed by atoms with E-state index in [1.165, 1.54) is 5.56 Å². The number of nitrogens with zero attached hydrogens (tertiary/aromatic N) is 4. The van der Waals surface area contributed by atoms with Crippen molar-refractivity contribution in [2.75, 3.05) is 18.0 Å². The lowest BCUT2D eigenvalue weighted by molar-refractivity contribution is 0.500. The summed E-state index contributed by atoms with van der Waals surface area (Å²) in [4.78, 5) is 6.56. The summed E-state index contributed by atoms with van der Waals surface area (Å²) in [6, 6.07) is 4.46. The van der Waals surface area contributed by atoms with Crippen LogP contribution in [0.5, 0.6) is 0 Å². The maximum Gasteiger partial charge on any atom is 0.157 e. The van der Waals surface area contributed by atoms with Gasteiger partial charge in [-0.05, 0) is 37.5 Å². The second kappa shape index (κ2) is 4.00. The van der Waals surface area contributed by atoms with Gasteiger partial charge in [0, 0.05) is 19.1 Å². The number of pyridine rings is 1. The van der Waals surface area contributed by atoms with Crippen LogP contribution in [0.4, 0.5) is 5.82 Å². The quantitative estimate of drug-likeness (QED) is 0.794. The zero-order valence-electron chi connectivity index (χ0n) is 10.0. The summed E-state index contributed by atoms with van der Waals surface area (Å²) in [6.45, 7) is 4.03. The summed E-state index contributed by atoms with van der Waals surface area (Å²) in [5.74, 6) is 1.10. The standard InChI is InChI=1S/C12H17N5/c1-9-5-11-14-8-15-17(11)12(6-9)16-4-2-3-10(13)7-16/h5-6,8,10H,2-4,7,13H2,1H3/t10-/m1/s1. The maximum atomic E-state index is 6.03. The van der Waals surface area contributed by atoms with E-state index in [0.717, 1.165) is 37.4 Å². The third-order valence-electron chi connectivity index (χ3n) is 3.29. The molecule has 0 radical (unpaired) electrons. The van der Waals surface area contributed by atoms with Crippen molar-refractivity contribution >= 4 is 11.5 Å². The Morgan fingerprint density at radius 1 is 1.41 bits per heavy atom. The molecule has 1 aliphatic heterocycles. The van der Waals surface area contributed by atoms with Gasteiger partial charge in [-0.3, -0.25) is 0 Å². The number of nitrogens with two attached hydrogens (primary N) is 1. The van der Waals surface area contributed by atoms with Crippen LogP contribution in [0.3, 0.4) is 0 Å². The molecule has 0 bridgehead atoms. The van der Waals surface area contributed by atoms with E-state index in [1.54, 1.807) is 6.33 Å². The van der Waals surface area contributed by atoms with Crippen molar-refractivity contribution in [3.05, 3.63) is 24.0 Å². The van der Waals surface area contributed by atoms with Crippen molar-refractivity contribution in [3.63, 3.8) is 0 Å². The van der Waals surface area contributed by atoms with Crippen LogP contribution in [0.1, 0.15) is 18.4 Å². The molecule has 5 heteroatoms. The monoisotopic (exact) mass is 231 g/mol. The number of anilines is 1. The smallest absolute Gasteiger partial charge is 0.157 e. The fourth-order valence-electron chi connectivity index (χ4n) is 2.48. The van der Waals surface area contributed by atoms with Gasteiger partial charge < -0.3 is 10.6 Å². The molecule has 1 fully saturated rings. The first-order valence-electron chi connectivity index (χ1n) is 6.05. The Labute approximate surface area is 100 Å². The van der Waals surface area contributed by atoms with Crippen LogP contribution < -0.4 is 10.6 Å². The summed E-state index contributed by atoms with van der Waals surface area (Å²) < 4.78 is 1.89. The Kier molecular flexibility index (Phi) is 2.48. The van der Waals surface area contributed by atoms with Crippen molar-refractivity contribution in [2.45, 2.75) is 25.8 Å². The minimum absolute atomic E-state index is 0.267. The van der Waals surface area contributed by atoms with Gasteiger partial charge in [0.2, 0.25) is 0 Å². The molecule has 0 aliphatic carbocycles. The lowest BCUT2D eigenvalue weighted by atomic mass is 10.1. The number of aromatic nitrogens is 3. The highest BCUT2D eigenvalue weighted by atomic mass is 15.4. The molecule has 2 aromatic heterocycles. The lowest BCUT2D eigenvalue weighted by Gasteiger charge is -2.32.